The van der Waals surface area contributed by atoms with Crippen molar-refractivity contribution in [3.8, 4) is 16.9 Å². The lowest BCUT2D eigenvalue weighted by atomic mass is 10.1. The van der Waals surface area contributed by atoms with Gasteiger partial charge in [-0.25, -0.2) is 9.49 Å². The maximum atomic E-state index is 14.6. The van der Waals surface area contributed by atoms with Gasteiger partial charge in [-0.15, -0.1) is 5.10 Å². The first-order valence-electron chi connectivity index (χ1n) is 10.5. The van der Waals surface area contributed by atoms with Gasteiger partial charge in [-0.1, -0.05) is 35.9 Å². The molecule has 2 N–H and O–H groups in total. The summed E-state index contributed by atoms with van der Waals surface area (Å²) in [6.07, 6.45) is 2.21. The number of nitrogens with zero attached hydrogens (tertiary/aromatic N) is 4. The van der Waals surface area contributed by atoms with Gasteiger partial charge in [-0.2, -0.15) is 0 Å². The topological polar surface area (TPSA) is 106 Å². The van der Waals surface area contributed by atoms with Crippen LogP contribution in [0.25, 0.3) is 11.1 Å². The second-order valence-electron chi connectivity index (χ2n) is 7.57. The summed E-state index contributed by atoms with van der Waals surface area (Å²) in [5.74, 6) is 0.477. The highest BCUT2D eigenvalue weighted by Gasteiger charge is 2.10. The number of ether oxygens (including phenoxy) is 1. The van der Waals surface area contributed by atoms with Crippen molar-refractivity contribution >= 4 is 5.91 Å². The Morgan fingerprint density at radius 3 is 2.79 bits per heavy atom. The molecule has 0 atom stereocenters. The number of tetrazole rings is 1. The third-order valence-electron chi connectivity index (χ3n) is 4.99. The van der Waals surface area contributed by atoms with E-state index in [1.807, 2.05) is 31.2 Å². The second-order valence-corrected chi connectivity index (χ2v) is 7.57. The van der Waals surface area contributed by atoms with Crippen LogP contribution in [-0.2, 0) is 24.2 Å². The van der Waals surface area contributed by atoms with Crippen molar-refractivity contribution in [3.63, 3.8) is 0 Å². The zero-order chi connectivity index (χ0) is 23.0. The lowest BCUT2D eigenvalue weighted by Crippen LogP contribution is -2.24. The smallest absolute Gasteiger partial charge is 0.226 e. The molecule has 0 spiro atoms. The van der Waals surface area contributed by atoms with Crippen molar-refractivity contribution in [2.75, 3.05) is 6.61 Å². The van der Waals surface area contributed by atoms with E-state index in [1.54, 1.807) is 30.5 Å². The summed E-state index contributed by atoms with van der Waals surface area (Å²) in [5, 5.41) is 16.3. The normalized spacial score (nSPS) is 10.7. The van der Waals surface area contributed by atoms with Crippen molar-refractivity contribution in [1.29, 1.82) is 0 Å². The van der Waals surface area contributed by atoms with Crippen LogP contribution in [-0.4, -0.2) is 38.1 Å². The van der Waals surface area contributed by atoms with Crippen LogP contribution in [0.5, 0.6) is 5.75 Å². The van der Waals surface area contributed by atoms with E-state index in [9.17, 15) is 9.18 Å². The highest BCUT2D eigenvalue weighted by molar-refractivity contribution is 5.78. The third-order valence-corrected chi connectivity index (χ3v) is 4.99. The number of nitrogens with one attached hydrogen (secondary N) is 2. The largest absolute Gasteiger partial charge is 0.493 e. The minimum absolute atomic E-state index is 0.120. The van der Waals surface area contributed by atoms with E-state index in [1.165, 1.54) is 6.07 Å². The highest BCUT2D eigenvalue weighted by Crippen LogP contribution is 2.26. The van der Waals surface area contributed by atoms with Crippen LogP contribution in [0, 0.1) is 12.7 Å². The molecule has 2 aromatic heterocycles. The van der Waals surface area contributed by atoms with E-state index in [2.05, 4.69) is 30.9 Å². The molecule has 0 fully saturated rings. The number of aromatic amines is 1. The van der Waals surface area contributed by atoms with Crippen molar-refractivity contribution in [2.45, 2.75) is 26.3 Å². The summed E-state index contributed by atoms with van der Waals surface area (Å²) >= 11 is 0. The molecule has 2 aromatic carbocycles. The van der Waals surface area contributed by atoms with E-state index >= 15 is 0 Å². The molecule has 4 rings (SSSR count). The number of H-pyrrole nitrogens is 1. The standard InChI is InChI=1S/C24H23FN6O2/c1-16-3-2-4-17(11-16)14-27-24(32)12-19-6-5-18(15-26-19)21-8-7-20(13-22(21)25)33-10-9-23-28-30-31-29-23/h2-8,11,13,15H,9-10,12,14H2,1H3,(H,27,32)(H,28,29,30,31). The predicted molar refractivity (Wildman–Crippen MR) is 120 cm³/mol. The number of benzene rings is 2. The lowest BCUT2D eigenvalue weighted by Gasteiger charge is -2.09. The molecule has 8 nitrogen and oxygen atoms in total. The number of halogens is 1. The summed E-state index contributed by atoms with van der Waals surface area (Å²) in [6, 6.07) is 16.1. The summed E-state index contributed by atoms with van der Waals surface area (Å²) < 4.78 is 20.2. The molecule has 0 aliphatic rings. The maximum absolute atomic E-state index is 14.6. The van der Waals surface area contributed by atoms with Gasteiger partial charge in [0.2, 0.25) is 5.91 Å². The third kappa shape index (κ3) is 6.19. The first-order chi connectivity index (χ1) is 16.1. The number of hydrogen-bond donors (Lipinski definition) is 2. The molecule has 1 amide bonds. The zero-order valence-corrected chi connectivity index (χ0v) is 18.1. The van der Waals surface area contributed by atoms with E-state index in [-0.39, 0.29) is 12.3 Å². The number of amides is 1. The Hall–Kier alpha value is -4.14. The van der Waals surface area contributed by atoms with Gasteiger partial charge >= 0.3 is 0 Å². The first kappa shape index (κ1) is 22.1. The molecule has 0 saturated carbocycles. The summed E-state index contributed by atoms with van der Waals surface area (Å²) in [7, 11) is 0. The SMILES string of the molecule is Cc1cccc(CNC(=O)Cc2ccc(-c3ccc(OCCc4nnn[nH]4)cc3F)cn2)c1. The molecule has 2 heterocycles. The van der Waals surface area contributed by atoms with E-state index in [0.717, 1.165) is 11.1 Å². The quantitative estimate of drug-likeness (QED) is 0.409. The van der Waals surface area contributed by atoms with Gasteiger partial charge in [0.05, 0.1) is 13.0 Å². The maximum Gasteiger partial charge on any atom is 0.226 e. The average molecular weight is 446 g/mol. The Labute approximate surface area is 190 Å². The molecule has 0 saturated heterocycles. The van der Waals surface area contributed by atoms with Crippen LogP contribution in [0.15, 0.2) is 60.8 Å². The van der Waals surface area contributed by atoms with E-state index < -0.39 is 5.82 Å². The Balaban J connectivity index is 1.31. The Bertz CT molecular complexity index is 1210. The molecule has 0 bridgehead atoms. The van der Waals surface area contributed by atoms with Crippen molar-refractivity contribution in [3.05, 3.63) is 89.3 Å². The van der Waals surface area contributed by atoms with Gasteiger partial charge in [-0.3, -0.25) is 9.78 Å². The van der Waals surface area contributed by atoms with E-state index in [0.29, 0.717) is 48.0 Å². The summed E-state index contributed by atoms with van der Waals surface area (Å²) in [6.45, 7) is 2.80. The second kappa shape index (κ2) is 10.4. The van der Waals surface area contributed by atoms with E-state index in [4.69, 9.17) is 4.74 Å². The fourth-order valence-corrected chi connectivity index (χ4v) is 3.31. The van der Waals surface area contributed by atoms with Crippen LogP contribution in [0.4, 0.5) is 4.39 Å². The molecule has 168 valence electrons. The zero-order valence-electron chi connectivity index (χ0n) is 18.1. The Morgan fingerprint density at radius 2 is 2.06 bits per heavy atom. The summed E-state index contributed by atoms with van der Waals surface area (Å²) in [4.78, 5) is 16.6. The molecule has 9 heteroatoms. The molecule has 0 aliphatic heterocycles. The highest BCUT2D eigenvalue weighted by atomic mass is 19.1. The molecule has 0 radical (unpaired) electrons. The van der Waals surface area contributed by atoms with Crippen LogP contribution in [0.3, 0.4) is 0 Å². The van der Waals surface area contributed by atoms with Crippen LogP contribution < -0.4 is 10.1 Å². The van der Waals surface area contributed by atoms with Crippen LogP contribution in [0.2, 0.25) is 0 Å². The minimum atomic E-state index is -0.417. The number of hydrogen-bond acceptors (Lipinski definition) is 6. The van der Waals surface area contributed by atoms with Gasteiger partial charge in [0.1, 0.15) is 11.6 Å². The summed E-state index contributed by atoms with van der Waals surface area (Å²) in [5.41, 5.74) is 3.84. The Morgan fingerprint density at radius 1 is 1.15 bits per heavy atom. The number of rotatable bonds is 9. The monoisotopic (exact) mass is 446 g/mol. The average Bonchev–Trinajstić information content (AvgIpc) is 3.32. The lowest BCUT2D eigenvalue weighted by molar-refractivity contribution is -0.120. The fraction of sp³-hybridized carbons (Fsp3) is 0.208. The number of carbonyl (C=O) groups excluding carboxylic acids is 1. The van der Waals surface area contributed by atoms with Gasteiger partial charge in [0.15, 0.2) is 5.82 Å². The van der Waals surface area contributed by atoms with Gasteiger partial charge in [-0.05, 0) is 41.1 Å². The first-order valence-corrected chi connectivity index (χ1v) is 10.5. The molecular formula is C24H23FN6O2. The molecule has 0 unspecified atom stereocenters. The van der Waals surface area contributed by atoms with Crippen molar-refractivity contribution in [2.24, 2.45) is 0 Å². The van der Waals surface area contributed by atoms with Gasteiger partial charge in [0, 0.05) is 42.0 Å². The number of carbonyl (C=O) groups is 1. The van der Waals surface area contributed by atoms with Gasteiger partial charge in [0.25, 0.3) is 0 Å². The van der Waals surface area contributed by atoms with Gasteiger partial charge < -0.3 is 10.1 Å². The molecule has 0 aliphatic carbocycles. The molecule has 4 aromatic rings. The Kier molecular flexibility index (Phi) is 6.99. The number of aromatic nitrogens is 5. The number of aryl methyl sites for hydroxylation is 1. The van der Waals surface area contributed by atoms with Crippen molar-refractivity contribution in [1.82, 2.24) is 30.9 Å². The predicted octanol–water partition coefficient (Wildman–Crippen LogP) is 3.19. The molecule has 33 heavy (non-hydrogen) atoms. The molecular weight excluding hydrogens is 423 g/mol. The van der Waals surface area contributed by atoms with Crippen molar-refractivity contribution < 1.29 is 13.9 Å². The minimum Gasteiger partial charge on any atom is -0.493 e. The fourth-order valence-electron chi connectivity index (χ4n) is 3.31. The number of pyridine rings is 1. The van der Waals surface area contributed by atoms with Crippen LogP contribution in [0.1, 0.15) is 22.6 Å². The van der Waals surface area contributed by atoms with Crippen LogP contribution >= 0.6 is 0 Å².